The highest BCUT2D eigenvalue weighted by Gasteiger charge is 2.19. The van der Waals surface area contributed by atoms with E-state index in [2.05, 4.69) is 4.98 Å². The molecule has 96 valence electrons. The van der Waals surface area contributed by atoms with Crippen LogP contribution in [0.15, 0.2) is 42.9 Å². The smallest absolute Gasteiger partial charge is 0.355 e. The van der Waals surface area contributed by atoms with E-state index in [1.807, 2.05) is 35.2 Å². The summed E-state index contributed by atoms with van der Waals surface area (Å²) in [5.41, 5.74) is -0.130. The molecule has 0 unspecified atom stereocenters. The number of nitrogens with zero attached hydrogens (tertiary/aromatic N) is 2. The van der Waals surface area contributed by atoms with Gasteiger partial charge >= 0.3 is 11.9 Å². The molecule has 0 aliphatic carbocycles. The predicted molar refractivity (Wildman–Crippen MR) is 63.9 cm³/mol. The first kappa shape index (κ1) is 12.7. The minimum absolute atomic E-state index is 0.304. The van der Waals surface area contributed by atoms with Gasteiger partial charge in [0.25, 0.3) is 0 Å². The molecule has 0 aliphatic heterocycles. The van der Waals surface area contributed by atoms with Crippen molar-refractivity contribution in [3.05, 3.63) is 59.7 Å². The van der Waals surface area contributed by atoms with E-state index >= 15 is 0 Å². The van der Waals surface area contributed by atoms with Gasteiger partial charge in [-0.2, -0.15) is 0 Å². The molecule has 0 bridgehead atoms. The van der Waals surface area contributed by atoms with Crippen LogP contribution < -0.4 is 4.57 Å². The Morgan fingerprint density at radius 3 is 2.37 bits per heavy atom. The van der Waals surface area contributed by atoms with Crippen LogP contribution in [0.25, 0.3) is 0 Å². The summed E-state index contributed by atoms with van der Waals surface area (Å²) < 4.78 is 1.84. The number of carboxylic acids is 2. The van der Waals surface area contributed by atoms with Crippen LogP contribution in [-0.4, -0.2) is 27.1 Å². The molecule has 0 spiro atoms. The monoisotopic (exact) mass is 259 g/mol. The highest BCUT2D eigenvalue weighted by molar-refractivity contribution is 6.00. The van der Waals surface area contributed by atoms with Gasteiger partial charge < -0.3 is 10.2 Å². The number of rotatable bonds is 4. The molecule has 0 fully saturated rings. The predicted octanol–water partition coefficient (Wildman–Crippen LogP) is 0.814. The average Bonchev–Trinajstić information content (AvgIpc) is 2.39. The molecular formula is C13H11N2O4+. The molecule has 0 aliphatic rings. The van der Waals surface area contributed by atoms with Gasteiger partial charge in [-0.1, -0.05) is 6.07 Å². The molecule has 0 saturated carbocycles. The number of carbonyl (C=O) groups is 2. The Morgan fingerprint density at radius 2 is 1.79 bits per heavy atom. The second kappa shape index (κ2) is 5.26. The highest BCUT2D eigenvalue weighted by atomic mass is 16.4. The fraction of sp³-hybridized carbons (Fsp3) is 0.0769. The minimum atomic E-state index is -1.35. The number of pyridine rings is 2. The maximum atomic E-state index is 11.0. The van der Waals surface area contributed by atoms with Crippen molar-refractivity contribution in [3.8, 4) is 0 Å². The maximum Gasteiger partial charge on any atom is 0.355 e. The van der Waals surface area contributed by atoms with Crippen molar-refractivity contribution in [2.75, 3.05) is 0 Å². The molecule has 0 amide bonds. The third-order valence-electron chi connectivity index (χ3n) is 2.52. The Labute approximate surface area is 108 Å². The average molecular weight is 259 g/mol. The molecule has 0 saturated heterocycles. The van der Waals surface area contributed by atoms with Crippen molar-refractivity contribution in [3.63, 3.8) is 0 Å². The van der Waals surface area contributed by atoms with E-state index < -0.39 is 17.6 Å². The molecule has 2 N–H and O–H groups in total. The van der Waals surface area contributed by atoms with Crippen molar-refractivity contribution in [1.82, 2.24) is 4.98 Å². The van der Waals surface area contributed by atoms with E-state index in [9.17, 15) is 9.59 Å². The van der Waals surface area contributed by atoms with Crippen molar-refractivity contribution < 1.29 is 24.4 Å². The Bertz CT molecular complexity index is 626. The zero-order valence-electron chi connectivity index (χ0n) is 9.85. The first-order valence-corrected chi connectivity index (χ1v) is 5.47. The number of hydrogen-bond acceptors (Lipinski definition) is 3. The Morgan fingerprint density at radius 1 is 1.11 bits per heavy atom. The Kier molecular flexibility index (Phi) is 3.51. The largest absolute Gasteiger partial charge is 0.478 e. The van der Waals surface area contributed by atoms with Gasteiger partial charge in [-0.05, 0) is 6.07 Å². The number of hydrogen-bond donors (Lipinski definition) is 2. The molecule has 2 aromatic rings. The maximum absolute atomic E-state index is 11.0. The second-order valence-electron chi connectivity index (χ2n) is 3.90. The fourth-order valence-corrected chi connectivity index (χ4v) is 1.68. The second-order valence-corrected chi connectivity index (χ2v) is 3.90. The van der Waals surface area contributed by atoms with Gasteiger partial charge in [0.15, 0.2) is 24.6 Å². The summed E-state index contributed by atoms with van der Waals surface area (Å²) in [5, 5.41) is 17.9. The first-order chi connectivity index (χ1) is 9.08. The fourth-order valence-electron chi connectivity index (χ4n) is 1.68. The molecule has 2 aromatic heterocycles. The van der Waals surface area contributed by atoms with Crippen LogP contribution in [0.2, 0.25) is 0 Å². The lowest BCUT2D eigenvalue weighted by molar-refractivity contribution is -0.688. The summed E-state index contributed by atoms with van der Waals surface area (Å²) >= 11 is 0. The third-order valence-corrected chi connectivity index (χ3v) is 2.52. The summed E-state index contributed by atoms with van der Waals surface area (Å²) in [7, 11) is 0. The minimum Gasteiger partial charge on any atom is -0.478 e. The lowest BCUT2D eigenvalue weighted by Gasteiger charge is -2.03. The molecular weight excluding hydrogens is 248 g/mol. The quantitative estimate of drug-likeness (QED) is 0.793. The zero-order valence-corrected chi connectivity index (χ0v) is 9.85. The number of carboxylic acid groups (broad SMARTS) is 2. The van der Waals surface area contributed by atoms with E-state index in [0.29, 0.717) is 12.1 Å². The van der Waals surface area contributed by atoms with Gasteiger partial charge in [-0.3, -0.25) is 0 Å². The van der Waals surface area contributed by atoms with Gasteiger partial charge in [0.2, 0.25) is 0 Å². The number of aromatic carboxylic acids is 2. The van der Waals surface area contributed by atoms with E-state index in [1.165, 1.54) is 12.3 Å². The third kappa shape index (κ3) is 2.92. The van der Waals surface area contributed by atoms with E-state index in [4.69, 9.17) is 10.2 Å². The molecule has 6 heteroatoms. The molecule has 0 aromatic carbocycles. The molecule has 0 atom stereocenters. The van der Waals surface area contributed by atoms with Crippen LogP contribution in [0.5, 0.6) is 0 Å². The van der Waals surface area contributed by atoms with Crippen LogP contribution in [0.1, 0.15) is 26.4 Å². The summed E-state index contributed by atoms with van der Waals surface area (Å²) in [6.07, 6.45) is 5.02. The van der Waals surface area contributed by atoms with Gasteiger partial charge in [-0.25, -0.2) is 19.1 Å². The summed E-state index contributed by atoms with van der Waals surface area (Å²) in [6.45, 7) is 0.425. The van der Waals surface area contributed by atoms with E-state index in [0.717, 1.165) is 0 Å². The lowest BCUT2D eigenvalue weighted by Crippen LogP contribution is -2.33. The van der Waals surface area contributed by atoms with Crippen LogP contribution in [0, 0.1) is 0 Å². The van der Waals surface area contributed by atoms with Crippen molar-refractivity contribution >= 4 is 11.9 Å². The van der Waals surface area contributed by atoms with Crippen molar-refractivity contribution in [2.45, 2.75) is 6.54 Å². The van der Waals surface area contributed by atoms with Crippen LogP contribution >= 0.6 is 0 Å². The first-order valence-electron chi connectivity index (χ1n) is 5.47. The van der Waals surface area contributed by atoms with Crippen molar-refractivity contribution in [1.29, 1.82) is 0 Å². The summed E-state index contributed by atoms with van der Waals surface area (Å²) in [4.78, 5) is 25.6. The van der Waals surface area contributed by atoms with Gasteiger partial charge in [0, 0.05) is 23.9 Å². The van der Waals surface area contributed by atoms with Crippen molar-refractivity contribution in [2.24, 2.45) is 0 Å². The standard InChI is InChI=1S/C13H10N2O4/c16-12(17)10-6-9(7-14-11(10)13(18)19)8-15-4-2-1-3-5-15/h1-7H,8H2,(H-,16,17,18,19)/p+1. The zero-order chi connectivity index (χ0) is 13.8. The van der Waals surface area contributed by atoms with Crippen LogP contribution in [0.3, 0.4) is 0 Å². The molecule has 19 heavy (non-hydrogen) atoms. The molecule has 0 radical (unpaired) electrons. The number of aromatic nitrogens is 2. The molecule has 6 nitrogen and oxygen atoms in total. The van der Waals surface area contributed by atoms with E-state index in [1.54, 1.807) is 0 Å². The SMILES string of the molecule is O=C(O)c1cc(C[n+]2ccccc2)cnc1C(=O)O. The Balaban J connectivity index is 2.36. The lowest BCUT2D eigenvalue weighted by atomic mass is 10.1. The topological polar surface area (TPSA) is 91.4 Å². The van der Waals surface area contributed by atoms with Gasteiger partial charge in [-0.15, -0.1) is 0 Å². The van der Waals surface area contributed by atoms with Crippen LogP contribution in [0.4, 0.5) is 0 Å². The summed E-state index contributed by atoms with van der Waals surface area (Å²) in [5.74, 6) is -2.65. The van der Waals surface area contributed by atoms with Crippen LogP contribution in [-0.2, 0) is 6.54 Å². The van der Waals surface area contributed by atoms with Gasteiger partial charge in [0.1, 0.15) is 0 Å². The van der Waals surface area contributed by atoms with Gasteiger partial charge in [0.05, 0.1) is 5.56 Å². The molecule has 2 rings (SSSR count). The highest BCUT2D eigenvalue weighted by Crippen LogP contribution is 2.09. The van der Waals surface area contributed by atoms with E-state index in [-0.39, 0.29) is 5.56 Å². The molecule has 2 heterocycles. The summed E-state index contributed by atoms with van der Waals surface area (Å²) in [6, 6.07) is 6.89. The Hall–Kier alpha value is -2.76. The normalized spacial score (nSPS) is 10.1.